The summed E-state index contributed by atoms with van der Waals surface area (Å²) in [6.07, 6.45) is 3.79. The molecular formula is C15H20N4O3. The summed E-state index contributed by atoms with van der Waals surface area (Å²) in [7, 11) is 0. The van der Waals surface area contributed by atoms with Crippen LogP contribution in [0.2, 0.25) is 0 Å². The molecular weight excluding hydrogens is 284 g/mol. The summed E-state index contributed by atoms with van der Waals surface area (Å²) in [5.41, 5.74) is 8.15. The molecule has 1 aromatic carbocycles. The highest BCUT2D eigenvalue weighted by Crippen LogP contribution is 2.10. The molecule has 0 saturated heterocycles. The maximum atomic E-state index is 12.0. The Bertz CT molecular complexity index is 608. The Morgan fingerprint density at radius 1 is 1.18 bits per heavy atom. The van der Waals surface area contributed by atoms with Crippen molar-refractivity contribution in [2.24, 2.45) is 5.73 Å². The summed E-state index contributed by atoms with van der Waals surface area (Å²) in [5.74, 6) is -1.19. The summed E-state index contributed by atoms with van der Waals surface area (Å²) in [5, 5.41) is 11.0. The average Bonchev–Trinajstić information content (AvgIpc) is 3.06. The van der Waals surface area contributed by atoms with Gasteiger partial charge in [-0.05, 0) is 36.4 Å². The third kappa shape index (κ3) is 3.94. The monoisotopic (exact) mass is 304 g/mol. The lowest BCUT2D eigenvalue weighted by molar-refractivity contribution is -0.130. The van der Waals surface area contributed by atoms with Crippen molar-refractivity contribution in [3.05, 3.63) is 54.4 Å². The Morgan fingerprint density at radius 3 is 2.27 bits per heavy atom. The topological polar surface area (TPSA) is 109 Å². The number of nitrogens with two attached hydrogens (primary N) is 1. The molecule has 7 nitrogen and oxygen atoms in total. The molecule has 2 rings (SSSR count). The SMILES string of the molecule is C.NC[C@H](NC(=O)c1ccc(-n2cccc2)cc1)C(=O)NO. The minimum absolute atomic E-state index is 0. The van der Waals surface area contributed by atoms with E-state index < -0.39 is 17.9 Å². The summed E-state index contributed by atoms with van der Waals surface area (Å²) in [6.45, 7) is -0.112. The second-order valence-corrected chi connectivity index (χ2v) is 4.37. The average molecular weight is 304 g/mol. The molecule has 2 amide bonds. The first-order chi connectivity index (χ1) is 10.2. The third-order valence-electron chi connectivity index (χ3n) is 3.00. The number of hydrogen-bond acceptors (Lipinski definition) is 4. The van der Waals surface area contributed by atoms with Crippen LogP contribution in [0.25, 0.3) is 5.69 Å². The van der Waals surface area contributed by atoms with Crippen LogP contribution in [-0.4, -0.2) is 34.2 Å². The quantitative estimate of drug-likeness (QED) is 0.481. The van der Waals surface area contributed by atoms with Gasteiger partial charge in [-0.1, -0.05) is 7.43 Å². The van der Waals surface area contributed by atoms with Crippen LogP contribution < -0.4 is 16.5 Å². The third-order valence-corrected chi connectivity index (χ3v) is 3.00. The van der Waals surface area contributed by atoms with Crippen LogP contribution in [0.15, 0.2) is 48.8 Å². The Labute approximate surface area is 128 Å². The fraction of sp³-hybridized carbons (Fsp3) is 0.200. The molecule has 1 aromatic heterocycles. The van der Waals surface area contributed by atoms with Crippen LogP contribution in [0.3, 0.4) is 0 Å². The van der Waals surface area contributed by atoms with Gasteiger partial charge >= 0.3 is 0 Å². The van der Waals surface area contributed by atoms with E-state index >= 15 is 0 Å². The summed E-state index contributed by atoms with van der Waals surface area (Å²) >= 11 is 0. The van der Waals surface area contributed by atoms with Crippen molar-refractivity contribution in [2.45, 2.75) is 13.5 Å². The molecule has 0 fully saturated rings. The Morgan fingerprint density at radius 2 is 1.77 bits per heavy atom. The molecule has 0 bridgehead atoms. The molecule has 5 N–H and O–H groups in total. The van der Waals surface area contributed by atoms with Crippen molar-refractivity contribution in [1.29, 1.82) is 0 Å². The fourth-order valence-corrected chi connectivity index (χ4v) is 1.84. The van der Waals surface area contributed by atoms with Gasteiger partial charge in [-0.25, -0.2) is 5.48 Å². The van der Waals surface area contributed by atoms with E-state index in [1.165, 1.54) is 5.48 Å². The predicted molar refractivity (Wildman–Crippen MR) is 82.7 cm³/mol. The lowest BCUT2D eigenvalue weighted by Crippen LogP contribution is -2.50. The highest BCUT2D eigenvalue weighted by Gasteiger charge is 2.19. The van der Waals surface area contributed by atoms with E-state index in [0.29, 0.717) is 5.56 Å². The molecule has 0 radical (unpaired) electrons. The molecule has 7 heteroatoms. The van der Waals surface area contributed by atoms with E-state index in [2.05, 4.69) is 5.32 Å². The van der Waals surface area contributed by atoms with Crippen LogP contribution in [0.1, 0.15) is 17.8 Å². The molecule has 0 aliphatic heterocycles. The maximum Gasteiger partial charge on any atom is 0.267 e. The first kappa shape index (κ1) is 17.4. The van der Waals surface area contributed by atoms with Gasteiger partial charge in [-0.15, -0.1) is 0 Å². The number of amides is 2. The highest BCUT2D eigenvalue weighted by molar-refractivity contribution is 5.97. The Kier molecular flexibility index (Phi) is 6.30. The standard InChI is InChI=1S/C14H16N4O3.CH4/c15-9-12(14(20)17-21)16-13(19)10-3-5-11(6-4-10)18-7-1-2-8-18;/h1-8,12,21H,9,15H2,(H,16,19)(H,17,20);1H4/t12-;/m0./s1. The van der Waals surface area contributed by atoms with E-state index in [9.17, 15) is 9.59 Å². The lowest BCUT2D eigenvalue weighted by atomic mass is 10.1. The van der Waals surface area contributed by atoms with Gasteiger partial charge in [0.1, 0.15) is 6.04 Å². The lowest BCUT2D eigenvalue weighted by Gasteiger charge is -2.14. The number of hydrogen-bond donors (Lipinski definition) is 4. The molecule has 0 saturated carbocycles. The minimum Gasteiger partial charge on any atom is -0.339 e. The first-order valence-corrected chi connectivity index (χ1v) is 6.34. The molecule has 1 heterocycles. The largest absolute Gasteiger partial charge is 0.339 e. The van der Waals surface area contributed by atoms with Crippen molar-refractivity contribution in [3.8, 4) is 5.69 Å². The zero-order valence-electron chi connectivity index (χ0n) is 11.2. The number of carbonyl (C=O) groups is 2. The van der Waals surface area contributed by atoms with Crippen LogP contribution in [0.4, 0.5) is 0 Å². The summed E-state index contributed by atoms with van der Waals surface area (Å²) < 4.78 is 1.91. The van der Waals surface area contributed by atoms with Crippen LogP contribution >= 0.6 is 0 Å². The van der Waals surface area contributed by atoms with E-state index in [-0.39, 0.29) is 14.0 Å². The van der Waals surface area contributed by atoms with E-state index in [1.54, 1.807) is 24.3 Å². The Balaban J connectivity index is 0.00000242. The predicted octanol–water partition coefficient (Wildman–Crippen LogP) is 0.676. The smallest absolute Gasteiger partial charge is 0.267 e. The molecule has 2 aromatic rings. The molecule has 0 unspecified atom stereocenters. The number of nitrogens with zero attached hydrogens (tertiary/aromatic N) is 1. The second kappa shape index (κ2) is 7.96. The van der Waals surface area contributed by atoms with E-state index in [0.717, 1.165) is 5.69 Å². The number of benzene rings is 1. The number of carbonyl (C=O) groups excluding carboxylic acids is 2. The summed E-state index contributed by atoms with van der Waals surface area (Å²) in [4.78, 5) is 23.3. The van der Waals surface area contributed by atoms with Crippen LogP contribution in [-0.2, 0) is 4.79 Å². The van der Waals surface area contributed by atoms with Gasteiger partial charge in [0.15, 0.2) is 0 Å². The highest BCUT2D eigenvalue weighted by atomic mass is 16.5. The van der Waals surface area contributed by atoms with Crippen molar-refractivity contribution in [3.63, 3.8) is 0 Å². The van der Waals surface area contributed by atoms with Gasteiger partial charge in [0.2, 0.25) is 0 Å². The van der Waals surface area contributed by atoms with Crippen LogP contribution in [0.5, 0.6) is 0 Å². The molecule has 0 aliphatic carbocycles. The number of nitrogens with one attached hydrogen (secondary N) is 2. The van der Waals surface area contributed by atoms with Gasteiger partial charge in [-0.2, -0.15) is 0 Å². The van der Waals surface area contributed by atoms with Crippen molar-refractivity contribution < 1.29 is 14.8 Å². The molecule has 118 valence electrons. The van der Waals surface area contributed by atoms with Gasteiger partial charge in [-0.3, -0.25) is 14.8 Å². The number of aromatic nitrogens is 1. The van der Waals surface area contributed by atoms with Gasteiger partial charge in [0.25, 0.3) is 11.8 Å². The number of rotatable bonds is 5. The van der Waals surface area contributed by atoms with Crippen molar-refractivity contribution >= 4 is 11.8 Å². The van der Waals surface area contributed by atoms with Gasteiger partial charge in [0.05, 0.1) is 0 Å². The van der Waals surface area contributed by atoms with E-state index in [4.69, 9.17) is 10.9 Å². The first-order valence-electron chi connectivity index (χ1n) is 6.34. The zero-order valence-corrected chi connectivity index (χ0v) is 11.2. The number of hydroxylamine groups is 1. The van der Waals surface area contributed by atoms with Crippen LogP contribution in [0, 0.1) is 0 Å². The minimum atomic E-state index is -0.980. The van der Waals surface area contributed by atoms with E-state index in [1.807, 2.05) is 29.1 Å². The normalized spacial score (nSPS) is 11.2. The summed E-state index contributed by atoms with van der Waals surface area (Å²) in [6, 6.07) is 9.70. The molecule has 22 heavy (non-hydrogen) atoms. The molecule has 0 aliphatic rings. The Hall–Kier alpha value is -2.64. The van der Waals surface area contributed by atoms with Crippen molar-refractivity contribution in [1.82, 2.24) is 15.4 Å². The van der Waals surface area contributed by atoms with Gasteiger partial charge in [0, 0.05) is 30.2 Å². The van der Waals surface area contributed by atoms with Gasteiger partial charge < -0.3 is 15.6 Å². The maximum absolute atomic E-state index is 12.0. The second-order valence-electron chi connectivity index (χ2n) is 4.37. The molecule has 1 atom stereocenters. The fourth-order valence-electron chi connectivity index (χ4n) is 1.84. The van der Waals surface area contributed by atoms with Crippen molar-refractivity contribution in [2.75, 3.05) is 6.54 Å². The molecule has 0 spiro atoms. The zero-order chi connectivity index (χ0) is 15.2.